The molecule has 0 saturated carbocycles. The second kappa shape index (κ2) is 8.05. The van der Waals surface area contributed by atoms with Crippen molar-refractivity contribution in [1.29, 1.82) is 0 Å². The van der Waals surface area contributed by atoms with E-state index in [-0.39, 0.29) is 23.6 Å². The third-order valence-electron chi connectivity index (χ3n) is 3.79. The van der Waals surface area contributed by atoms with Gasteiger partial charge >= 0.3 is 0 Å². The molecule has 0 spiro atoms. The molecule has 0 aliphatic carbocycles. The Morgan fingerprint density at radius 1 is 1.23 bits per heavy atom. The van der Waals surface area contributed by atoms with Gasteiger partial charge in [-0.3, -0.25) is 14.5 Å². The zero-order chi connectivity index (χ0) is 18.7. The number of hydrogen-bond acceptors (Lipinski definition) is 4. The normalized spacial score (nSPS) is 15.8. The van der Waals surface area contributed by atoms with Crippen LogP contribution < -0.4 is 4.74 Å². The van der Waals surface area contributed by atoms with E-state index in [1.54, 1.807) is 49.4 Å². The molecule has 1 heterocycles. The number of likely N-dealkylation sites (N-methyl/N-ethyl adjacent to an activating group) is 1. The van der Waals surface area contributed by atoms with E-state index in [9.17, 15) is 14.0 Å². The molecule has 2 amide bonds. The predicted octanol–water partition coefficient (Wildman–Crippen LogP) is 5.22. The molecule has 1 aliphatic heterocycles. The second-order valence-corrected chi connectivity index (χ2v) is 7.40. The number of nitrogens with zero attached hydrogens (tertiary/aromatic N) is 1. The Labute approximate surface area is 163 Å². The summed E-state index contributed by atoms with van der Waals surface area (Å²) in [6, 6.07) is 11.7. The molecule has 0 atom stereocenters. The number of hydrogen-bond donors (Lipinski definition) is 0. The van der Waals surface area contributed by atoms with Crippen LogP contribution in [0.25, 0.3) is 6.08 Å². The molecule has 0 aromatic heterocycles. The Kier molecular flexibility index (Phi) is 5.78. The number of imide groups is 1. The minimum Gasteiger partial charge on any atom is -0.488 e. The Morgan fingerprint density at radius 2 is 2.00 bits per heavy atom. The third kappa shape index (κ3) is 3.99. The zero-order valence-electron chi connectivity index (χ0n) is 13.9. The summed E-state index contributed by atoms with van der Waals surface area (Å²) < 4.78 is 20.3. The first-order valence-corrected chi connectivity index (χ1v) is 9.51. The van der Waals surface area contributed by atoms with Crippen molar-refractivity contribution in [3.05, 3.63) is 68.8 Å². The maximum Gasteiger partial charge on any atom is 0.293 e. The largest absolute Gasteiger partial charge is 0.488 e. The SMILES string of the molecule is CCN1C(=O)SC(=Cc2cc(Br)ccc2OCc2ccccc2F)C1=O. The highest BCUT2D eigenvalue weighted by Crippen LogP contribution is 2.34. The van der Waals surface area contributed by atoms with Crippen molar-refractivity contribution in [3.8, 4) is 5.75 Å². The highest BCUT2D eigenvalue weighted by Gasteiger charge is 2.33. The van der Waals surface area contributed by atoms with Gasteiger partial charge in [-0.05, 0) is 49.0 Å². The fraction of sp³-hybridized carbons (Fsp3) is 0.158. The molecule has 7 heteroatoms. The number of amides is 2. The van der Waals surface area contributed by atoms with Gasteiger partial charge in [0.25, 0.3) is 11.1 Å². The van der Waals surface area contributed by atoms with Crippen molar-refractivity contribution in [2.24, 2.45) is 0 Å². The number of thioether (sulfide) groups is 1. The summed E-state index contributed by atoms with van der Waals surface area (Å²) in [6.45, 7) is 2.14. The van der Waals surface area contributed by atoms with Gasteiger partial charge in [-0.2, -0.15) is 0 Å². The minimum atomic E-state index is -0.338. The average molecular weight is 436 g/mol. The molecule has 1 saturated heterocycles. The van der Waals surface area contributed by atoms with Gasteiger partial charge in [-0.15, -0.1) is 0 Å². The number of rotatable bonds is 5. The zero-order valence-corrected chi connectivity index (χ0v) is 16.3. The Bertz CT molecular complexity index is 900. The van der Waals surface area contributed by atoms with Gasteiger partial charge in [-0.1, -0.05) is 34.1 Å². The van der Waals surface area contributed by atoms with Crippen LogP contribution >= 0.6 is 27.7 Å². The van der Waals surface area contributed by atoms with Gasteiger partial charge < -0.3 is 4.74 Å². The lowest BCUT2D eigenvalue weighted by atomic mass is 10.1. The molecule has 1 aliphatic rings. The van der Waals surface area contributed by atoms with Gasteiger partial charge in [-0.25, -0.2) is 4.39 Å². The number of ether oxygens (including phenoxy) is 1. The molecule has 3 rings (SSSR count). The van der Waals surface area contributed by atoms with Crippen molar-refractivity contribution < 1.29 is 18.7 Å². The molecule has 1 fully saturated rings. The first-order chi connectivity index (χ1) is 12.5. The van der Waals surface area contributed by atoms with Crippen molar-refractivity contribution in [3.63, 3.8) is 0 Å². The summed E-state index contributed by atoms with van der Waals surface area (Å²) in [6.07, 6.45) is 1.63. The lowest BCUT2D eigenvalue weighted by Gasteiger charge is -2.11. The lowest BCUT2D eigenvalue weighted by molar-refractivity contribution is -0.122. The minimum absolute atomic E-state index is 0.0611. The Hall–Kier alpha value is -2.12. The standard InChI is InChI=1S/C19H15BrFNO3S/c1-2-22-18(23)17(26-19(22)24)10-13-9-14(20)7-8-16(13)25-11-12-5-3-4-6-15(12)21/h3-10H,2,11H2,1H3. The van der Waals surface area contributed by atoms with Crippen molar-refractivity contribution in [1.82, 2.24) is 4.90 Å². The van der Waals surface area contributed by atoms with E-state index < -0.39 is 0 Å². The summed E-state index contributed by atoms with van der Waals surface area (Å²) in [4.78, 5) is 25.7. The number of benzene rings is 2. The quantitative estimate of drug-likeness (QED) is 0.603. The first-order valence-electron chi connectivity index (χ1n) is 7.90. The van der Waals surface area contributed by atoms with Crippen LogP contribution in [0.15, 0.2) is 51.8 Å². The van der Waals surface area contributed by atoms with Gasteiger partial charge in [0.15, 0.2) is 0 Å². The molecule has 0 N–H and O–H groups in total. The fourth-order valence-corrected chi connectivity index (χ4v) is 3.72. The first kappa shape index (κ1) is 18.7. The van der Waals surface area contributed by atoms with Crippen LogP contribution in [-0.2, 0) is 11.4 Å². The topological polar surface area (TPSA) is 46.6 Å². The van der Waals surface area contributed by atoms with E-state index in [2.05, 4.69) is 15.9 Å². The predicted molar refractivity (Wildman–Crippen MR) is 103 cm³/mol. The molecule has 26 heavy (non-hydrogen) atoms. The van der Waals surface area contributed by atoms with Crippen molar-refractivity contribution in [2.45, 2.75) is 13.5 Å². The van der Waals surface area contributed by atoms with E-state index >= 15 is 0 Å². The molecule has 2 aromatic carbocycles. The molecule has 0 unspecified atom stereocenters. The maximum atomic E-state index is 13.8. The Morgan fingerprint density at radius 3 is 2.69 bits per heavy atom. The summed E-state index contributed by atoms with van der Waals surface area (Å²) in [5.41, 5.74) is 1.07. The smallest absolute Gasteiger partial charge is 0.293 e. The van der Waals surface area contributed by atoms with Crippen LogP contribution in [-0.4, -0.2) is 22.6 Å². The fourth-order valence-electron chi connectivity index (χ4n) is 2.45. The van der Waals surface area contributed by atoms with Crippen LogP contribution in [0, 0.1) is 5.82 Å². The Balaban J connectivity index is 1.87. The van der Waals surface area contributed by atoms with E-state index in [1.165, 1.54) is 11.0 Å². The van der Waals surface area contributed by atoms with E-state index in [4.69, 9.17) is 4.74 Å². The summed E-state index contributed by atoms with van der Waals surface area (Å²) >= 11 is 4.29. The van der Waals surface area contributed by atoms with E-state index in [0.29, 0.717) is 28.3 Å². The number of halogens is 2. The van der Waals surface area contributed by atoms with E-state index in [1.807, 2.05) is 0 Å². The van der Waals surface area contributed by atoms with Gasteiger partial charge in [0.2, 0.25) is 0 Å². The van der Waals surface area contributed by atoms with Gasteiger partial charge in [0.1, 0.15) is 18.2 Å². The van der Waals surface area contributed by atoms with Crippen LogP contribution in [0.4, 0.5) is 9.18 Å². The highest BCUT2D eigenvalue weighted by molar-refractivity contribution is 9.10. The molecule has 0 radical (unpaired) electrons. The van der Waals surface area contributed by atoms with Gasteiger partial charge in [0.05, 0.1) is 4.91 Å². The van der Waals surface area contributed by atoms with Crippen LogP contribution in [0.3, 0.4) is 0 Å². The lowest BCUT2D eigenvalue weighted by Crippen LogP contribution is -2.27. The van der Waals surface area contributed by atoms with Crippen molar-refractivity contribution >= 4 is 44.9 Å². The average Bonchev–Trinajstić information content (AvgIpc) is 2.88. The number of carbonyl (C=O) groups is 2. The van der Waals surface area contributed by atoms with Crippen molar-refractivity contribution in [2.75, 3.05) is 6.54 Å². The molecule has 0 bridgehead atoms. The molecule has 4 nitrogen and oxygen atoms in total. The molecular formula is C19H15BrFNO3S. The van der Waals surface area contributed by atoms with E-state index in [0.717, 1.165) is 16.2 Å². The summed E-state index contributed by atoms with van der Waals surface area (Å²) in [5.74, 6) is -0.155. The molecule has 2 aromatic rings. The molecule has 134 valence electrons. The highest BCUT2D eigenvalue weighted by atomic mass is 79.9. The monoisotopic (exact) mass is 435 g/mol. The molecular weight excluding hydrogens is 421 g/mol. The van der Waals surface area contributed by atoms with Gasteiger partial charge in [0, 0.05) is 22.1 Å². The summed E-state index contributed by atoms with van der Waals surface area (Å²) in [7, 11) is 0. The van der Waals surface area contributed by atoms with Crippen LogP contribution in [0.5, 0.6) is 5.75 Å². The van der Waals surface area contributed by atoms with Crippen LogP contribution in [0.1, 0.15) is 18.1 Å². The number of carbonyl (C=O) groups excluding carboxylic acids is 2. The maximum absolute atomic E-state index is 13.8. The second-order valence-electron chi connectivity index (χ2n) is 5.49. The summed E-state index contributed by atoms with van der Waals surface area (Å²) in [5, 5.41) is -0.285. The van der Waals surface area contributed by atoms with Crippen LogP contribution in [0.2, 0.25) is 0 Å². The third-order valence-corrected chi connectivity index (χ3v) is 5.19.